The summed E-state index contributed by atoms with van der Waals surface area (Å²) in [7, 11) is 1.68. The molecule has 1 saturated carbocycles. The topological polar surface area (TPSA) is 35.2 Å². The summed E-state index contributed by atoms with van der Waals surface area (Å²) in [6.45, 7) is 0. The van der Waals surface area contributed by atoms with Crippen molar-refractivity contribution in [3.63, 3.8) is 0 Å². The predicted molar refractivity (Wildman–Crippen MR) is 64.5 cm³/mol. The van der Waals surface area contributed by atoms with E-state index in [9.17, 15) is 0 Å². The third-order valence-corrected chi connectivity index (χ3v) is 3.16. The molecule has 0 spiro atoms. The van der Waals surface area contributed by atoms with E-state index in [4.69, 9.17) is 10.5 Å². The van der Waals surface area contributed by atoms with Gasteiger partial charge in [0, 0.05) is 6.04 Å². The molecule has 0 heterocycles. The van der Waals surface area contributed by atoms with Crippen LogP contribution in [0.15, 0.2) is 24.3 Å². The highest BCUT2D eigenvalue weighted by Gasteiger charge is 2.25. The van der Waals surface area contributed by atoms with Crippen molar-refractivity contribution < 1.29 is 4.74 Å². The van der Waals surface area contributed by atoms with E-state index in [0.717, 1.165) is 5.75 Å². The maximum absolute atomic E-state index is 6.15. The molecule has 0 bridgehead atoms. The van der Waals surface area contributed by atoms with Gasteiger partial charge < -0.3 is 10.5 Å². The van der Waals surface area contributed by atoms with E-state index in [0.29, 0.717) is 5.92 Å². The Balaban J connectivity index is 0.00000112. The zero-order valence-corrected chi connectivity index (χ0v) is 9.80. The standard InChI is InChI=1S/C12H17NO.ClH/c1-14-11-7-5-10(6-8-11)12(13)9-3-2-4-9;/h5-9,12H,2-4,13H2,1H3;1H/t12-;/m1./s1. The summed E-state index contributed by atoms with van der Waals surface area (Å²) in [5, 5.41) is 0. The lowest BCUT2D eigenvalue weighted by atomic mass is 9.78. The summed E-state index contributed by atoms with van der Waals surface area (Å²) >= 11 is 0. The molecule has 84 valence electrons. The predicted octanol–water partition coefficient (Wildman–Crippen LogP) is 2.92. The van der Waals surface area contributed by atoms with Crippen LogP contribution in [0, 0.1) is 5.92 Å². The van der Waals surface area contributed by atoms with Crippen LogP contribution in [-0.4, -0.2) is 7.11 Å². The fourth-order valence-corrected chi connectivity index (χ4v) is 1.90. The minimum absolute atomic E-state index is 0. The van der Waals surface area contributed by atoms with Crippen LogP contribution < -0.4 is 10.5 Å². The van der Waals surface area contributed by atoms with Gasteiger partial charge in [-0.3, -0.25) is 0 Å². The van der Waals surface area contributed by atoms with Crippen molar-refractivity contribution >= 4 is 12.4 Å². The number of rotatable bonds is 3. The second-order valence-electron chi connectivity index (χ2n) is 3.99. The Kier molecular flexibility index (Phi) is 4.43. The number of benzene rings is 1. The van der Waals surface area contributed by atoms with E-state index in [1.807, 2.05) is 12.1 Å². The second-order valence-corrected chi connectivity index (χ2v) is 3.99. The lowest BCUT2D eigenvalue weighted by molar-refractivity contribution is 0.264. The van der Waals surface area contributed by atoms with Crippen molar-refractivity contribution in [2.45, 2.75) is 25.3 Å². The number of nitrogens with two attached hydrogens (primary N) is 1. The van der Waals surface area contributed by atoms with E-state index >= 15 is 0 Å². The monoisotopic (exact) mass is 227 g/mol. The highest BCUT2D eigenvalue weighted by Crippen LogP contribution is 2.36. The number of hydrogen-bond donors (Lipinski definition) is 1. The largest absolute Gasteiger partial charge is 0.497 e. The maximum Gasteiger partial charge on any atom is 0.118 e. The van der Waals surface area contributed by atoms with Gasteiger partial charge in [0.05, 0.1) is 7.11 Å². The van der Waals surface area contributed by atoms with Gasteiger partial charge in [-0.2, -0.15) is 0 Å². The Morgan fingerprint density at radius 1 is 1.27 bits per heavy atom. The van der Waals surface area contributed by atoms with Crippen LogP contribution in [0.1, 0.15) is 30.9 Å². The SMILES string of the molecule is COc1ccc([C@H](N)C2CCC2)cc1.Cl. The Hall–Kier alpha value is -0.730. The summed E-state index contributed by atoms with van der Waals surface area (Å²) in [4.78, 5) is 0. The van der Waals surface area contributed by atoms with E-state index in [2.05, 4.69) is 12.1 Å². The number of halogens is 1. The van der Waals surface area contributed by atoms with Gasteiger partial charge in [-0.05, 0) is 36.5 Å². The molecule has 1 aromatic rings. The normalized spacial score (nSPS) is 17.5. The fourth-order valence-electron chi connectivity index (χ4n) is 1.90. The lowest BCUT2D eigenvalue weighted by Gasteiger charge is -2.31. The second kappa shape index (κ2) is 5.38. The van der Waals surface area contributed by atoms with Gasteiger partial charge in [-0.15, -0.1) is 12.4 Å². The highest BCUT2D eigenvalue weighted by atomic mass is 35.5. The third-order valence-electron chi connectivity index (χ3n) is 3.16. The third kappa shape index (κ3) is 2.64. The summed E-state index contributed by atoms with van der Waals surface area (Å²) in [5.74, 6) is 1.60. The van der Waals surface area contributed by atoms with E-state index in [1.165, 1.54) is 24.8 Å². The van der Waals surface area contributed by atoms with Gasteiger partial charge in [-0.1, -0.05) is 18.6 Å². The molecule has 0 radical (unpaired) electrons. The van der Waals surface area contributed by atoms with Gasteiger partial charge in [-0.25, -0.2) is 0 Å². The summed E-state index contributed by atoms with van der Waals surface area (Å²) in [5.41, 5.74) is 7.38. The molecule has 1 fully saturated rings. The van der Waals surface area contributed by atoms with Gasteiger partial charge in [0.1, 0.15) is 5.75 Å². The molecule has 2 nitrogen and oxygen atoms in total. The molecule has 0 amide bonds. The summed E-state index contributed by atoms with van der Waals surface area (Å²) < 4.78 is 5.11. The van der Waals surface area contributed by atoms with E-state index < -0.39 is 0 Å². The molecule has 0 unspecified atom stereocenters. The maximum atomic E-state index is 6.15. The van der Waals surface area contributed by atoms with Crippen LogP contribution in [0.5, 0.6) is 5.75 Å². The molecule has 0 saturated heterocycles. The molecule has 2 N–H and O–H groups in total. The van der Waals surface area contributed by atoms with Gasteiger partial charge in [0.15, 0.2) is 0 Å². The van der Waals surface area contributed by atoms with Crippen molar-refractivity contribution in [1.82, 2.24) is 0 Å². The zero-order valence-electron chi connectivity index (χ0n) is 8.98. The number of ether oxygens (including phenoxy) is 1. The Labute approximate surface area is 97.2 Å². The molecular formula is C12H18ClNO. The smallest absolute Gasteiger partial charge is 0.118 e. The molecule has 1 aliphatic rings. The number of methoxy groups -OCH3 is 1. The van der Waals surface area contributed by atoms with Crippen LogP contribution in [0.3, 0.4) is 0 Å². The van der Waals surface area contributed by atoms with Crippen molar-refractivity contribution in [2.24, 2.45) is 11.7 Å². The minimum Gasteiger partial charge on any atom is -0.497 e. The zero-order chi connectivity index (χ0) is 9.97. The van der Waals surface area contributed by atoms with Crippen molar-refractivity contribution in [2.75, 3.05) is 7.11 Å². The molecule has 0 aromatic heterocycles. The Morgan fingerprint density at radius 2 is 1.87 bits per heavy atom. The van der Waals surface area contributed by atoms with Crippen LogP contribution >= 0.6 is 12.4 Å². The van der Waals surface area contributed by atoms with Crippen molar-refractivity contribution in [1.29, 1.82) is 0 Å². The summed E-state index contributed by atoms with van der Waals surface area (Å²) in [6, 6.07) is 8.32. The molecule has 2 rings (SSSR count). The van der Waals surface area contributed by atoms with Crippen LogP contribution in [0.4, 0.5) is 0 Å². The molecule has 1 atom stereocenters. The van der Waals surface area contributed by atoms with E-state index in [-0.39, 0.29) is 18.4 Å². The Bertz CT molecular complexity index is 295. The molecule has 1 aromatic carbocycles. The average molecular weight is 228 g/mol. The fraction of sp³-hybridized carbons (Fsp3) is 0.500. The van der Waals surface area contributed by atoms with Crippen LogP contribution in [0.2, 0.25) is 0 Å². The van der Waals surface area contributed by atoms with Crippen molar-refractivity contribution in [3.05, 3.63) is 29.8 Å². The van der Waals surface area contributed by atoms with Gasteiger partial charge >= 0.3 is 0 Å². The first kappa shape index (κ1) is 12.3. The first-order chi connectivity index (χ1) is 6.81. The molecule has 15 heavy (non-hydrogen) atoms. The van der Waals surface area contributed by atoms with Crippen LogP contribution in [0.25, 0.3) is 0 Å². The first-order valence-electron chi connectivity index (χ1n) is 5.21. The first-order valence-corrected chi connectivity index (χ1v) is 5.21. The Morgan fingerprint density at radius 3 is 2.27 bits per heavy atom. The molecular weight excluding hydrogens is 210 g/mol. The van der Waals surface area contributed by atoms with Crippen molar-refractivity contribution in [3.8, 4) is 5.75 Å². The van der Waals surface area contributed by atoms with Gasteiger partial charge in [0.2, 0.25) is 0 Å². The van der Waals surface area contributed by atoms with Gasteiger partial charge in [0.25, 0.3) is 0 Å². The van der Waals surface area contributed by atoms with Crippen LogP contribution in [-0.2, 0) is 0 Å². The quantitative estimate of drug-likeness (QED) is 0.862. The average Bonchev–Trinajstić information content (AvgIpc) is 2.15. The lowest BCUT2D eigenvalue weighted by Crippen LogP contribution is -2.26. The van der Waals surface area contributed by atoms with E-state index in [1.54, 1.807) is 7.11 Å². The minimum atomic E-state index is 0. The molecule has 1 aliphatic carbocycles. The molecule has 3 heteroatoms. The molecule has 0 aliphatic heterocycles. The summed E-state index contributed by atoms with van der Waals surface area (Å²) in [6.07, 6.45) is 3.91. The number of hydrogen-bond acceptors (Lipinski definition) is 2. The highest BCUT2D eigenvalue weighted by molar-refractivity contribution is 5.85.